The van der Waals surface area contributed by atoms with Crippen molar-refractivity contribution in [2.45, 2.75) is 38.5 Å². The van der Waals surface area contributed by atoms with Gasteiger partial charge in [-0.1, -0.05) is 20.8 Å². The van der Waals surface area contributed by atoms with Crippen LogP contribution >= 0.6 is 11.8 Å². The minimum atomic E-state index is -1.11. The van der Waals surface area contributed by atoms with Gasteiger partial charge in [0.2, 0.25) is 5.91 Å². The Morgan fingerprint density at radius 1 is 1.60 bits per heavy atom. The highest BCUT2D eigenvalue weighted by Gasteiger charge is 2.28. The van der Waals surface area contributed by atoms with Crippen LogP contribution in [-0.2, 0) is 17.4 Å². The number of thioether (sulfide) groups is 1. The lowest BCUT2D eigenvalue weighted by Gasteiger charge is -2.25. The summed E-state index contributed by atoms with van der Waals surface area (Å²) in [7, 11) is 1.80. The van der Waals surface area contributed by atoms with Crippen LogP contribution in [0, 0.1) is 5.92 Å². The van der Waals surface area contributed by atoms with Crippen molar-refractivity contribution in [2.24, 2.45) is 13.0 Å². The fourth-order valence-corrected chi connectivity index (χ4v) is 2.89. The summed E-state index contributed by atoms with van der Waals surface area (Å²) in [6, 6.07) is 0. The van der Waals surface area contributed by atoms with Crippen molar-refractivity contribution >= 4 is 17.7 Å². The number of carbonyl (C=O) groups excluding carboxylic acids is 1. The summed E-state index contributed by atoms with van der Waals surface area (Å²) in [5.41, 5.74) is -0.410. The van der Waals surface area contributed by atoms with Gasteiger partial charge in [0.05, 0.1) is 18.0 Å². The second-order valence-corrected chi connectivity index (χ2v) is 6.93. The molecule has 2 atom stereocenters. The average molecular weight is 299 g/mol. The highest BCUT2D eigenvalue weighted by molar-refractivity contribution is 8.00. The Balaban J connectivity index is 2.63. The molecule has 2 unspecified atom stereocenters. The van der Waals surface area contributed by atoms with E-state index in [9.17, 15) is 9.90 Å². The third-order valence-corrected chi connectivity index (χ3v) is 4.59. The molecule has 0 radical (unpaired) electrons. The molecule has 1 amide bonds. The first-order valence-corrected chi connectivity index (χ1v) is 7.93. The summed E-state index contributed by atoms with van der Waals surface area (Å²) in [4.78, 5) is 12.2. The van der Waals surface area contributed by atoms with Crippen molar-refractivity contribution in [1.29, 1.82) is 0 Å². The van der Waals surface area contributed by atoms with Gasteiger partial charge in [-0.25, -0.2) is 0 Å². The largest absolute Gasteiger partial charge is 0.383 e. The molecule has 0 fully saturated rings. The Morgan fingerprint density at radius 2 is 2.25 bits per heavy atom. The summed E-state index contributed by atoms with van der Waals surface area (Å²) in [5, 5.41) is 17.2. The molecule has 0 aromatic carbocycles. The predicted molar refractivity (Wildman–Crippen MR) is 82.5 cm³/mol. The second-order valence-electron chi connectivity index (χ2n) is 5.51. The molecule has 1 aromatic rings. The number of hydrogen-bond acceptors (Lipinski definition) is 4. The van der Waals surface area contributed by atoms with E-state index in [0.717, 1.165) is 5.75 Å². The number of aliphatic hydroxyl groups is 1. The van der Waals surface area contributed by atoms with E-state index in [4.69, 9.17) is 0 Å². The number of aromatic nitrogens is 2. The van der Waals surface area contributed by atoms with Gasteiger partial charge in [0.25, 0.3) is 0 Å². The maximum absolute atomic E-state index is 12.2. The van der Waals surface area contributed by atoms with Crippen molar-refractivity contribution in [3.8, 4) is 0 Å². The van der Waals surface area contributed by atoms with Crippen LogP contribution in [0.1, 0.15) is 33.3 Å². The van der Waals surface area contributed by atoms with E-state index in [1.54, 1.807) is 42.8 Å². The molecule has 1 rings (SSSR count). The first kappa shape index (κ1) is 17.0. The van der Waals surface area contributed by atoms with Gasteiger partial charge in [-0.3, -0.25) is 9.48 Å². The van der Waals surface area contributed by atoms with E-state index in [0.29, 0.717) is 5.56 Å². The summed E-state index contributed by atoms with van der Waals surface area (Å²) < 4.78 is 1.63. The van der Waals surface area contributed by atoms with E-state index < -0.39 is 5.60 Å². The monoisotopic (exact) mass is 299 g/mol. The zero-order valence-electron chi connectivity index (χ0n) is 12.9. The van der Waals surface area contributed by atoms with Gasteiger partial charge in [0, 0.05) is 18.8 Å². The van der Waals surface area contributed by atoms with Gasteiger partial charge in [0.15, 0.2) is 0 Å². The maximum Gasteiger partial charge on any atom is 0.233 e. The number of amides is 1. The van der Waals surface area contributed by atoms with E-state index in [1.807, 2.05) is 20.8 Å². The van der Waals surface area contributed by atoms with Gasteiger partial charge in [-0.05, 0) is 18.6 Å². The molecule has 0 saturated carbocycles. The number of aryl methyl sites for hydroxylation is 1. The smallest absolute Gasteiger partial charge is 0.233 e. The minimum absolute atomic E-state index is 0.0176. The molecule has 114 valence electrons. The molecule has 1 heterocycles. The predicted octanol–water partition coefficient (Wildman–Crippen LogP) is 1.52. The van der Waals surface area contributed by atoms with Gasteiger partial charge in [-0.2, -0.15) is 5.10 Å². The molecule has 0 aliphatic heterocycles. The molecular formula is C14H25N3O2S. The molecule has 0 aliphatic rings. The van der Waals surface area contributed by atoms with Gasteiger partial charge >= 0.3 is 0 Å². The van der Waals surface area contributed by atoms with E-state index in [2.05, 4.69) is 10.4 Å². The molecule has 2 N–H and O–H groups in total. The van der Waals surface area contributed by atoms with Crippen molar-refractivity contribution in [2.75, 3.05) is 12.3 Å². The number of rotatable bonds is 7. The Hall–Kier alpha value is -1.01. The Morgan fingerprint density at radius 3 is 2.70 bits per heavy atom. The van der Waals surface area contributed by atoms with E-state index >= 15 is 0 Å². The zero-order valence-corrected chi connectivity index (χ0v) is 13.7. The standard InChI is InChI=1S/C14H25N3O2S/c1-6-20-12(10(2)3)13(18)15-9-14(4,19)11-7-16-17(5)8-11/h7-8,10,12,19H,6,9H2,1-5H3,(H,15,18). The van der Waals surface area contributed by atoms with Crippen LogP contribution < -0.4 is 5.32 Å². The molecule has 6 heteroatoms. The fraction of sp³-hybridized carbons (Fsp3) is 0.714. The van der Waals surface area contributed by atoms with Crippen LogP contribution in [0.4, 0.5) is 0 Å². The minimum Gasteiger partial charge on any atom is -0.383 e. The highest BCUT2D eigenvalue weighted by atomic mass is 32.2. The van der Waals surface area contributed by atoms with E-state index in [1.165, 1.54) is 0 Å². The lowest BCUT2D eigenvalue weighted by Crippen LogP contribution is -2.43. The Kier molecular flexibility index (Phi) is 6.07. The molecule has 0 spiro atoms. The number of carbonyl (C=O) groups is 1. The van der Waals surface area contributed by atoms with Crippen molar-refractivity contribution in [1.82, 2.24) is 15.1 Å². The normalized spacial score (nSPS) is 15.9. The summed E-state index contributed by atoms with van der Waals surface area (Å²) >= 11 is 1.63. The van der Waals surface area contributed by atoms with Crippen molar-refractivity contribution < 1.29 is 9.90 Å². The lowest BCUT2D eigenvalue weighted by molar-refractivity contribution is -0.122. The molecule has 0 aliphatic carbocycles. The Bertz CT molecular complexity index is 443. The topological polar surface area (TPSA) is 67.2 Å². The van der Waals surface area contributed by atoms with Crippen LogP contribution in [0.2, 0.25) is 0 Å². The average Bonchev–Trinajstić information content (AvgIpc) is 2.80. The summed E-state index contributed by atoms with van der Waals surface area (Å²) in [6.45, 7) is 7.98. The fourth-order valence-electron chi connectivity index (χ4n) is 1.91. The zero-order chi connectivity index (χ0) is 15.3. The SMILES string of the molecule is CCSC(C(=O)NCC(C)(O)c1cnn(C)c1)C(C)C. The maximum atomic E-state index is 12.2. The van der Waals surface area contributed by atoms with E-state index in [-0.39, 0.29) is 23.6 Å². The molecule has 0 bridgehead atoms. The first-order chi connectivity index (χ1) is 9.27. The molecule has 0 saturated heterocycles. The number of nitrogens with zero attached hydrogens (tertiary/aromatic N) is 2. The van der Waals surface area contributed by atoms with Gasteiger partial charge in [0.1, 0.15) is 5.60 Å². The van der Waals surface area contributed by atoms with Crippen LogP contribution in [-0.4, -0.2) is 38.3 Å². The first-order valence-electron chi connectivity index (χ1n) is 6.88. The quantitative estimate of drug-likeness (QED) is 0.801. The number of nitrogens with one attached hydrogen (secondary N) is 1. The van der Waals surface area contributed by atoms with Crippen LogP contribution in [0.15, 0.2) is 12.4 Å². The van der Waals surface area contributed by atoms with Gasteiger partial charge < -0.3 is 10.4 Å². The van der Waals surface area contributed by atoms with Crippen molar-refractivity contribution in [3.05, 3.63) is 18.0 Å². The lowest BCUT2D eigenvalue weighted by atomic mass is 9.99. The summed E-state index contributed by atoms with van der Waals surface area (Å²) in [5.74, 6) is 1.15. The molecular weight excluding hydrogens is 274 g/mol. The van der Waals surface area contributed by atoms with Crippen LogP contribution in [0.3, 0.4) is 0 Å². The second kappa shape index (κ2) is 7.13. The third-order valence-electron chi connectivity index (χ3n) is 3.14. The summed E-state index contributed by atoms with van der Waals surface area (Å²) in [6.07, 6.45) is 3.37. The highest BCUT2D eigenvalue weighted by Crippen LogP contribution is 2.21. The van der Waals surface area contributed by atoms with Crippen LogP contribution in [0.5, 0.6) is 0 Å². The third kappa shape index (κ3) is 4.52. The van der Waals surface area contributed by atoms with Crippen molar-refractivity contribution in [3.63, 3.8) is 0 Å². The molecule has 1 aromatic heterocycles. The Labute approximate surface area is 125 Å². The van der Waals surface area contributed by atoms with Gasteiger partial charge in [-0.15, -0.1) is 11.8 Å². The molecule has 20 heavy (non-hydrogen) atoms. The van der Waals surface area contributed by atoms with Crippen LogP contribution in [0.25, 0.3) is 0 Å². The molecule has 5 nitrogen and oxygen atoms in total. The number of hydrogen-bond donors (Lipinski definition) is 2.